The molecule has 1 aliphatic heterocycles. The highest BCUT2D eigenvalue weighted by atomic mass is 16.5. The Kier molecular flexibility index (Phi) is 5.36. The van der Waals surface area contributed by atoms with Crippen molar-refractivity contribution in [3.8, 4) is 0 Å². The SMILES string of the molecule is CC(C)c1cc(C(=O)N[C@@H]2CCCN(C3CCCCC3)C2)no1. The summed E-state index contributed by atoms with van der Waals surface area (Å²) in [5.74, 6) is 0.916. The van der Waals surface area contributed by atoms with Crippen LogP contribution in [0.5, 0.6) is 0 Å². The molecule has 5 nitrogen and oxygen atoms in total. The number of aromatic nitrogens is 1. The fourth-order valence-corrected chi connectivity index (χ4v) is 3.83. The van der Waals surface area contributed by atoms with Gasteiger partial charge in [-0.25, -0.2) is 0 Å². The number of nitrogens with one attached hydrogen (secondary N) is 1. The van der Waals surface area contributed by atoms with E-state index in [1.165, 1.54) is 38.6 Å². The summed E-state index contributed by atoms with van der Waals surface area (Å²) in [5, 5.41) is 7.06. The number of likely N-dealkylation sites (tertiary alicyclic amines) is 1. The molecule has 23 heavy (non-hydrogen) atoms. The number of nitrogens with zero attached hydrogens (tertiary/aromatic N) is 2. The molecule has 0 radical (unpaired) electrons. The lowest BCUT2D eigenvalue weighted by Gasteiger charge is -2.40. The normalized spacial score (nSPS) is 24.0. The van der Waals surface area contributed by atoms with Crippen LogP contribution in [0.2, 0.25) is 0 Å². The summed E-state index contributed by atoms with van der Waals surface area (Å²) in [6.45, 7) is 6.22. The van der Waals surface area contributed by atoms with Gasteiger partial charge in [0.15, 0.2) is 5.69 Å². The van der Waals surface area contributed by atoms with Gasteiger partial charge >= 0.3 is 0 Å². The molecular weight excluding hydrogens is 290 g/mol. The zero-order valence-electron chi connectivity index (χ0n) is 14.4. The maximum absolute atomic E-state index is 12.4. The molecule has 128 valence electrons. The van der Waals surface area contributed by atoms with Crippen LogP contribution in [0.25, 0.3) is 0 Å². The van der Waals surface area contributed by atoms with Crippen molar-refractivity contribution in [1.82, 2.24) is 15.4 Å². The van der Waals surface area contributed by atoms with Gasteiger partial charge in [0.05, 0.1) is 0 Å². The number of amides is 1. The van der Waals surface area contributed by atoms with Gasteiger partial charge in [0.25, 0.3) is 5.91 Å². The zero-order chi connectivity index (χ0) is 16.2. The Hall–Kier alpha value is -1.36. The number of carbonyl (C=O) groups is 1. The maximum Gasteiger partial charge on any atom is 0.273 e. The molecule has 5 heteroatoms. The second-order valence-corrected chi connectivity index (χ2v) is 7.37. The van der Waals surface area contributed by atoms with Gasteiger partial charge in [-0.15, -0.1) is 0 Å². The van der Waals surface area contributed by atoms with E-state index >= 15 is 0 Å². The summed E-state index contributed by atoms with van der Waals surface area (Å²) < 4.78 is 5.23. The monoisotopic (exact) mass is 319 g/mol. The molecule has 0 aromatic carbocycles. The van der Waals surface area contributed by atoms with Crippen LogP contribution >= 0.6 is 0 Å². The van der Waals surface area contributed by atoms with Crippen LogP contribution in [0, 0.1) is 0 Å². The van der Waals surface area contributed by atoms with Crippen LogP contribution in [-0.4, -0.2) is 41.1 Å². The minimum absolute atomic E-state index is 0.101. The first kappa shape index (κ1) is 16.5. The minimum atomic E-state index is -0.101. The maximum atomic E-state index is 12.4. The molecule has 1 amide bonds. The second kappa shape index (κ2) is 7.47. The third-order valence-electron chi connectivity index (χ3n) is 5.21. The third-order valence-corrected chi connectivity index (χ3v) is 5.21. The summed E-state index contributed by atoms with van der Waals surface area (Å²) in [6.07, 6.45) is 8.96. The first-order valence-corrected chi connectivity index (χ1v) is 9.15. The van der Waals surface area contributed by atoms with Crippen molar-refractivity contribution >= 4 is 5.91 Å². The summed E-state index contributed by atoms with van der Waals surface area (Å²) in [6, 6.07) is 2.72. The Balaban J connectivity index is 1.55. The summed E-state index contributed by atoms with van der Waals surface area (Å²) in [7, 11) is 0. The van der Waals surface area contributed by atoms with Crippen molar-refractivity contribution in [2.45, 2.75) is 76.8 Å². The van der Waals surface area contributed by atoms with Crippen molar-refractivity contribution in [3.63, 3.8) is 0 Å². The van der Waals surface area contributed by atoms with Gasteiger partial charge in [-0.2, -0.15) is 0 Å². The quantitative estimate of drug-likeness (QED) is 0.925. The van der Waals surface area contributed by atoms with Crippen molar-refractivity contribution in [2.24, 2.45) is 0 Å². The molecule has 0 bridgehead atoms. The van der Waals surface area contributed by atoms with Gasteiger partial charge in [-0.3, -0.25) is 9.69 Å². The van der Waals surface area contributed by atoms with E-state index in [-0.39, 0.29) is 17.9 Å². The van der Waals surface area contributed by atoms with E-state index in [4.69, 9.17) is 4.52 Å². The molecule has 1 N–H and O–H groups in total. The Morgan fingerprint density at radius 3 is 2.74 bits per heavy atom. The van der Waals surface area contributed by atoms with Gasteiger partial charge in [0.2, 0.25) is 0 Å². The van der Waals surface area contributed by atoms with Crippen molar-refractivity contribution in [1.29, 1.82) is 0 Å². The van der Waals surface area contributed by atoms with E-state index in [1.807, 2.05) is 13.8 Å². The average molecular weight is 319 g/mol. The number of hydrogen-bond donors (Lipinski definition) is 1. The predicted octanol–water partition coefficient (Wildman–Crippen LogP) is 3.32. The van der Waals surface area contributed by atoms with E-state index in [0.717, 1.165) is 31.2 Å². The van der Waals surface area contributed by atoms with Gasteiger partial charge in [0.1, 0.15) is 5.76 Å². The topological polar surface area (TPSA) is 58.4 Å². The fraction of sp³-hybridized carbons (Fsp3) is 0.778. The molecule has 2 aliphatic rings. The minimum Gasteiger partial charge on any atom is -0.360 e. The van der Waals surface area contributed by atoms with Crippen LogP contribution in [-0.2, 0) is 0 Å². The molecule has 1 aromatic heterocycles. The number of carbonyl (C=O) groups excluding carboxylic acids is 1. The largest absolute Gasteiger partial charge is 0.360 e. The summed E-state index contributed by atoms with van der Waals surface area (Å²) in [4.78, 5) is 15.0. The van der Waals surface area contributed by atoms with Crippen molar-refractivity contribution < 1.29 is 9.32 Å². The fourth-order valence-electron chi connectivity index (χ4n) is 3.83. The van der Waals surface area contributed by atoms with E-state index in [0.29, 0.717) is 5.69 Å². The molecule has 2 fully saturated rings. The van der Waals surface area contributed by atoms with Crippen LogP contribution in [0.3, 0.4) is 0 Å². The molecule has 0 spiro atoms. The molecule has 3 rings (SSSR count). The Morgan fingerprint density at radius 1 is 1.26 bits per heavy atom. The number of rotatable bonds is 4. The lowest BCUT2D eigenvalue weighted by molar-refractivity contribution is 0.0828. The first-order chi connectivity index (χ1) is 11.1. The van der Waals surface area contributed by atoms with Crippen LogP contribution in [0.4, 0.5) is 0 Å². The standard InChI is InChI=1S/C18H29N3O2/c1-13(2)17-11-16(20-23-17)18(22)19-14-7-6-10-21(12-14)15-8-4-3-5-9-15/h11,13-15H,3-10,12H2,1-2H3,(H,19,22)/t14-/m1/s1. The highest BCUT2D eigenvalue weighted by Gasteiger charge is 2.28. The van der Waals surface area contributed by atoms with E-state index in [1.54, 1.807) is 6.07 Å². The molecule has 1 saturated heterocycles. The zero-order valence-corrected chi connectivity index (χ0v) is 14.4. The third kappa shape index (κ3) is 4.14. The Bertz CT molecular complexity index is 520. The molecule has 1 aliphatic carbocycles. The van der Waals surface area contributed by atoms with Crippen LogP contribution < -0.4 is 5.32 Å². The molecule has 2 heterocycles. The smallest absolute Gasteiger partial charge is 0.273 e. The van der Waals surface area contributed by atoms with E-state index < -0.39 is 0 Å². The van der Waals surface area contributed by atoms with Crippen molar-refractivity contribution in [2.75, 3.05) is 13.1 Å². The Morgan fingerprint density at radius 2 is 2.04 bits per heavy atom. The second-order valence-electron chi connectivity index (χ2n) is 7.37. The molecule has 1 aromatic rings. The molecular formula is C18H29N3O2. The van der Waals surface area contributed by atoms with Gasteiger partial charge < -0.3 is 9.84 Å². The van der Waals surface area contributed by atoms with Gasteiger partial charge in [-0.05, 0) is 32.2 Å². The van der Waals surface area contributed by atoms with E-state index in [2.05, 4.69) is 15.4 Å². The molecule has 0 unspecified atom stereocenters. The van der Waals surface area contributed by atoms with E-state index in [9.17, 15) is 4.79 Å². The number of piperidine rings is 1. The van der Waals surface area contributed by atoms with Crippen LogP contribution in [0.1, 0.15) is 81.0 Å². The predicted molar refractivity (Wildman–Crippen MR) is 89.5 cm³/mol. The van der Waals surface area contributed by atoms with Gasteiger partial charge in [0, 0.05) is 30.6 Å². The van der Waals surface area contributed by atoms with Crippen LogP contribution in [0.15, 0.2) is 10.6 Å². The summed E-state index contributed by atoms with van der Waals surface area (Å²) in [5.41, 5.74) is 0.406. The average Bonchev–Trinajstić information content (AvgIpc) is 3.06. The molecule has 1 atom stereocenters. The lowest BCUT2D eigenvalue weighted by Crippen LogP contribution is -2.51. The lowest BCUT2D eigenvalue weighted by atomic mass is 9.92. The highest BCUT2D eigenvalue weighted by Crippen LogP contribution is 2.25. The molecule has 1 saturated carbocycles. The van der Waals surface area contributed by atoms with Gasteiger partial charge in [-0.1, -0.05) is 38.3 Å². The summed E-state index contributed by atoms with van der Waals surface area (Å²) >= 11 is 0. The Labute approximate surface area is 138 Å². The number of hydrogen-bond acceptors (Lipinski definition) is 4. The van der Waals surface area contributed by atoms with Crippen molar-refractivity contribution in [3.05, 3.63) is 17.5 Å². The highest BCUT2D eigenvalue weighted by molar-refractivity contribution is 5.92. The first-order valence-electron chi connectivity index (χ1n) is 9.15.